The van der Waals surface area contributed by atoms with Crippen LogP contribution < -0.4 is 0 Å². The third-order valence-electron chi connectivity index (χ3n) is 1.69. The summed E-state index contributed by atoms with van der Waals surface area (Å²) in [4.78, 5) is 15.2. The fraction of sp³-hybridized carbons (Fsp3) is 0.111. The van der Waals surface area contributed by atoms with E-state index in [0.717, 1.165) is 16.9 Å². The predicted molar refractivity (Wildman–Crippen MR) is 49.7 cm³/mol. The molecule has 0 unspecified atom stereocenters. The minimum Gasteiger partial charge on any atom is -0.282 e. The van der Waals surface area contributed by atoms with Crippen molar-refractivity contribution in [1.29, 1.82) is 0 Å². The highest BCUT2D eigenvalue weighted by Crippen LogP contribution is 2.27. The summed E-state index contributed by atoms with van der Waals surface area (Å²) < 4.78 is 0. The third-order valence-corrected chi connectivity index (χ3v) is 2.51. The van der Waals surface area contributed by atoms with Crippen molar-refractivity contribution >= 4 is 22.5 Å². The van der Waals surface area contributed by atoms with Gasteiger partial charge < -0.3 is 0 Å². The van der Waals surface area contributed by atoms with Crippen LogP contribution in [0.3, 0.4) is 0 Å². The zero-order valence-corrected chi connectivity index (χ0v) is 7.17. The van der Waals surface area contributed by atoms with Gasteiger partial charge in [-0.2, -0.15) is 0 Å². The lowest BCUT2D eigenvalue weighted by atomic mass is 10.1. The molecule has 0 aromatic carbocycles. The summed E-state index contributed by atoms with van der Waals surface area (Å²) in [5.74, 6) is 0.795. The molecule has 0 radical (unpaired) electrons. The number of rotatable bonds is 1. The van der Waals surface area contributed by atoms with E-state index in [2.05, 4.69) is 4.98 Å². The zero-order chi connectivity index (χ0) is 8.39. The van der Waals surface area contributed by atoms with Gasteiger partial charge in [0.15, 0.2) is 0 Å². The zero-order valence-electron chi connectivity index (χ0n) is 6.36. The first kappa shape index (κ1) is 7.55. The molecule has 1 aromatic heterocycles. The van der Waals surface area contributed by atoms with E-state index in [-0.39, 0.29) is 5.12 Å². The van der Waals surface area contributed by atoms with Crippen LogP contribution >= 0.6 is 11.8 Å². The molecule has 0 saturated heterocycles. The van der Waals surface area contributed by atoms with Gasteiger partial charge in [0.2, 0.25) is 5.12 Å². The van der Waals surface area contributed by atoms with E-state index >= 15 is 0 Å². The van der Waals surface area contributed by atoms with Gasteiger partial charge in [0.05, 0.1) is 0 Å². The monoisotopic (exact) mass is 177 g/mol. The van der Waals surface area contributed by atoms with E-state index in [4.69, 9.17) is 0 Å². The predicted octanol–water partition coefficient (Wildman–Crippen LogP) is 1.74. The molecular weight excluding hydrogens is 170 g/mol. The van der Waals surface area contributed by atoms with Crippen molar-refractivity contribution in [3.05, 3.63) is 36.2 Å². The van der Waals surface area contributed by atoms with E-state index in [9.17, 15) is 4.79 Å². The minimum atomic E-state index is 0.156. The van der Waals surface area contributed by atoms with E-state index in [1.807, 2.05) is 18.2 Å². The summed E-state index contributed by atoms with van der Waals surface area (Å²) in [6.45, 7) is 0. The van der Waals surface area contributed by atoms with Crippen LogP contribution in [0, 0.1) is 0 Å². The number of carbonyl (C=O) groups is 1. The van der Waals surface area contributed by atoms with Gasteiger partial charge in [-0.05, 0) is 6.07 Å². The van der Waals surface area contributed by atoms with Gasteiger partial charge in [0.25, 0.3) is 0 Å². The Bertz CT molecular complexity index is 332. The highest BCUT2D eigenvalue weighted by molar-refractivity contribution is 8.15. The average molecular weight is 177 g/mol. The van der Waals surface area contributed by atoms with Gasteiger partial charge >= 0.3 is 0 Å². The molecular formula is C9H7NOS. The van der Waals surface area contributed by atoms with E-state index in [1.54, 1.807) is 12.4 Å². The van der Waals surface area contributed by atoms with Crippen LogP contribution in [0.5, 0.6) is 0 Å². The van der Waals surface area contributed by atoms with E-state index in [0.29, 0.717) is 0 Å². The molecule has 0 atom stereocenters. The molecule has 0 bridgehead atoms. The van der Waals surface area contributed by atoms with Crippen molar-refractivity contribution in [3.63, 3.8) is 0 Å². The highest BCUT2D eigenvalue weighted by atomic mass is 32.2. The summed E-state index contributed by atoms with van der Waals surface area (Å²) in [6.07, 6.45) is 5.37. The lowest BCUT2D eigenvalue weighted by Crippen LogP contribution is -1.91. The quantitative estimate of drug-likeness (QED) is 0.654. The molecule has 1 aliphatic heterocycles. The minimum absolute atomic E-state index is 0.156. The first-order chi connectivity index (χ1) is 5.88. The van der Waals surface area contributed by atoms with Crippen molar-refractivity contribution in [2.75, 3.05) is 5.75 Å². The Morgan fingerprint density at radius 1 is 1.50 bits per heavy atom. The standard InChI is InChI=1S/C9H7NOS/c11-9-8(3-5-12-9)7-2-1-4-10-6-7/h1-4,6H,5H2. The van der Waals surface area contributed by atoms with Gasteiger partial charge in [0.1, 0.15) is 0 Å². The lowest BCUT2D eigenvalue weighted by molar-refractivity contribution is -0.106. The Morgan fingerprint density at radius 3 is 3.00 bits per heavy atom. The molecule has 2 heterocycles. The molecule has 0 amide bonds. The number of carbonyl (C=O) groups excluding carboxylic acids is 1. The van der Waals surface area contributed by atoms with Crippen molar-refractivity contribution < 1.29 is 4.79 Å². The Balaban J connectivity index is 2.38. The van der Waals surface area contributed by atoms with Gasteiger partial charge in [-0.3, -0.25) is 9.78 Å². The van der Waals surface area contributed by atoms with Crippen LogP contribution in [-0.4, -0.2) is 15.9 Å². The topological polar surface area (TPSA) is 30.0 Å². The van der Waals surface area contributed by atoms with Crippen molar-refractivity contribution in [3.8, 4) is 0 Å². The second-order valence-corrected chi connectivity index (χ2v) is 3.45. The highest BCUT2D eigenvalue weighted by Gasteiger charge is 2.16. The maximum absolute atomic E-state index is 11.2. The number of hydrogen-bond acceptors (Lipinski definition) is 3. The second-order valence-electron chi connectivity index (χ2n) is 2.46. The largest absolute Gasteiger partial charge is 0.282 e. The number of nitrogens with zero attached hydrogens (tertiary/aromatic N) is 1. The number of thioether (sulfide) groups is 1. The Labute approximate surface area is 74.7 Å². The third kappa shape index (κ3) is 1.28. The van der Waals surface area contributed by atoms with E-state index < -0.39 is 0 Å². The van der Waals surface area contributed by atoms with E-state index in [1.165, 1.54) is 11.8 Å². The SMILES string of the molecule is O=C1SCC=C1c1cccnc1. The fourth-order valence-corrected chi connectivity index (χ4v) is 1.88. The molecule has 0 fully saturated rings. The Morgan fingerprint density at radius 2 is 2.42 bits per heavy atom. The summed E-state index contributed by atoms with van der Waals surface area (Å²) in [7, 11) is 0. The van der Waals surface area contributed by atoms with Crippen LogP contribution in [0.2, 0.25) is 0 Å². The maximum atomic E-state index is 11.2. The molecule has 2 nitrogen and oxygen atoms in total. The number of hydrogen-bond donors (Lipinski definition) is 0. The molecule has 1 aromatic rings. The normalized spacial score (nSPS) is 16.3. The van der Waals surface area contributed by atoms with Gasteiger partial charge in [-0.25, -0.2) is 0 Å². The van der Waals surface area contributed by atoms with Gasteiger partial charge in [-0.15, -0.1) is 0 Å². The number of pyridine rings is 1. The molecule has 60 valence electrons. The lowest BCUT2D eigenvalue weighted by Gasteiger charge is -1.96. The Hall–Kier alpha value is -1.09. The van der Waals surface area contributed by atoms with Crippen LogP contribution in [0.15, 0.2) is 30.6 Å². The van der Waals surface area contributed by atoms with Crippen LogP contribution in [0.4, 0.5) is 0 Å². The maximum Gasteiger partial charge on any atom is 0.220 e. The summed E-state index contributed by atoms with van der Waals surface area (Å²) in [6, 6.07) is 3.75. The van der Waals surface area contributed by atoms with Crippen molar-refractivity contribution in [1.82, 2.24) is 4.98 Å². The molecule has 0 aliphatic carbocycles. The molecule has 2 rings (SSSR count). The van der Waals surface area contributed by atoms with Crippen LogP contribution in [0.25, 0.3) is 5.57 Å². The molecule has 0 saturated carbocycles. The summed E-state index contributed by atoms with van der Waals surface area (Å²) in [5, 5.41) is 0.156. The average Bonchev–Trinajstić information content (AvgIpc) is 2.53. The van der Waals surface area contributed by atoms with Crippen molar-refractivity contribution in [2.24, 2.45) is 0 Å². The summed E-state index contributed by atoms with van der Waals surface area (Å²) in [5.41, 5.74) is 1.72. The molecule has 12 heavy (non-hydrogen) atoms. The second kappa shape index (κ2) is 3.11. The van der Waals surface area contributed by atoms with Gasteiger partial charge in [-0.1, -0.05) is 23.9 Å². The van der Waals surface area contributed by atoms with Crippen LogP contribution in [0.1, 0.15) is 5.56 Å². The Kier molecular flexibility index (Phi) is 1.96. The smallest absolute Gasteiger partial charge is 0.220 e. The molecule has 0 N–H and O–H groups in total. The number of aromatic nitrogens is 1. The summed E-state index contributed by atoms with van der Waals surface area (Å²) >= 11 is 1.34. The van der Waals surface area contributed by atoms with Gasteiger partial charge in [0, 0.05) is 29.3 Å². The van der Waals surface area contributed by atoms with Crippen molar-refractivity contribution in [2.45, 2.75) is 0 Å². The molecule has 1 aliphatic rings. The first-order valence-electron chi connectivity index (χ1n) is 3.65. The fourth-order valence-electron chi connectivity index (χ4n) is 1.12. The van der Waals surface area contributed by atoms with Crippen LogP contribution in [-0.2, 0) is 4.79 Å². The molecule has 3 heteroatoms. The molecule has 0 spiro atoms. The first-order valence-corrected chi connectivity index (χ1v) is 4.64.